The van der Waals surface area contributed by atoms with Crippen LogP contribution in [0.25, 0.3) is 0 Å². The van der Waals surface area contributed by atoms with Crippen molar-refractivity contribution in [2.45, 2.75) is 34.1 Å². The average Bonchev–Trinajstić information content (AvgIpc) is 2.12. The molecule has 0 aliphatic heterocycles. The van der Waals surface area contributed by atoms with Crippen LogP contribution in [0.5, 0.6) is 0 Å². The van der Waals surface area contributed by atoms with E-state index in [0.29, 0.717) is 5.92 Å². The summed E-state index contributed by atoms with van der Waals surface area (Å²) in [5.74, 6) is 0.662. The Labute approximate surface area is 83.0 Å². The molecule has 0 aromatic carbocycles. The van der Waals surface area contributed by atoms with Gasteiger partial charge in [-0.25, -0.2) is 0 Å². The van der Waals surface area contributed by atoms with E-state index in [0.717, 1.165) is 0 Å². The van der Waals surface area contributed by atoms with Crippen LogP contribution < -0.4 is 0 Å². The van der Waals surface area contributed by atoms with Crippen molar-refractivity contribution in [3.8, 4) is 0 Å². The molecule has 0 saturated carbocycles. The van der Waals surface area contributed by atoms with Gasteiger partial charge in [-0.05, 0) is 16.9 Å². The summed E-state index contributed by atoms with van der Waals surface area (Å²) in [6.07, 6.45) is 6.98. The molecule has 74 valence electrons. The largest absolute Gasteiger partial charge is 0.0991 e. The maximum Gasteiger partial charge on any atom is -0.00839 e. The Morgan fingerprint density at radius 1 is 1.46 bits per heavy atom. The van der Waals surface area contributed by atoms with Gasteiger partial charge in [0.1, 0.15) is 0 Å². The zero-order chi connectivity index (χ0) is 10.5. The van der Waals surface area contributed by atoms with Gasteiger partial charge in [-0.2, -0.15) is 0 Å². The van der Waals surface area contributed by atoms with Crippen molar-refractivity contribution >= 4 is 0 Å². The third-order valence-corrected chi connectivity index (χ3v) is 3.11. The highest BCUT2D eigenvalue weighted by molar-refractivity contribution is 5.25. The van der Waals surface area contributed by atoms with Crippen molar-refractivity contribution in [3.63, 3.8) is 0 Å². The molecule has 13 heavy (non-hydrogen) atoms. The molecule has 0 rings (SSSR count). The van der Waals surface area contributed by atoms with Crippen LogP contribution in [0.2, 0.25) is 0 Å². The van der Waals surface area contributed by atoms with Gasteiger partial charge >= 0.3 is 0 Å². The van der Waals surface area contributed by atoms with Gasteiger partial charge in [-0.15, -0.1) is 0 Å². The van der Waals surface area contributed by atoms with Crippen LogP contribution in [0.15, 0.2) is 37.0 Å². The fraction of sp³-hybridized carbons (Fsp3) is 0.538. The summed E-state index contributed by atoms with van der Waals surface area (Å²) in [7, 11) is 0. The molecule has 0 aliphatic carbocycles. The molecule has 0 aromatic heterocycles. The summed E-state index contributed by atoms with van der Waals surface area (Å²) in [5, 5.41) is 0. The van der Waals surface area contributed by atoms with Crippen LogP contribution in [-0.2, 0) is 0 Å². The van der Waals surface area contributed by atoms with Crippen LogP contribution in [0, 0.1) is 11.3 Å². The zero-order valence-electron chi connectivity index (χ0n) is 9.43. The first-order valence-corrected chi connectivity index (χ1v) is 4.95. The molecule has 0 heterocycles. The summed E-state index contributed by atoms with van der Waals surface area (Å²) in [6.45, 7) is 16.7. The SMILES string of the molecule is C=C/C=C\C(=C)C(C)(C)C(C)CC. The molecule has 0 N–H and O–H groups in total. The Morgan fingerprint density at radius 3 is 2.38 bits per heavy atom. The molecule has 0 aromatic rings. The molecule has 0 spiro atoms. The van der Waals surface area contributed by atoms with E-state index in [1.807, 2.05) is 6.08 Å². The minimum atomic E-state index is 0.189. The highest BCUT2D eigenvalue weighted by Crippen LogP contribution is 2.36. The van der Waals surface area contributed by atoms with Gasteiger partial charge in [-0.1, -0.05) is 65.5 Å². The van der Waals surface area contributed by atoms with Gasteiger partial charge in [0, 0.05) is 0 Å². The molecule has 0 radical (unpaired) electrons. The van der Waals surface area contributed by atoms with Gasteiger partial charge in [0.05, 0.1) is 0 Å². The van der Waals surface area contributed by atoms with Gasteiger partial charge < -0.3 is 0 Å². The molecule has 0 bridgehead atoms. The third kappa shape index (κ3) is 3.22. The first-order valence-electron chi connectivity index (χ1n) is 4.95. The molecule has 1 unspecified atom stereocenters. The fourth-order valence-corrected chi connectivity index (χ4v) is 1.23. The van der Waals surface area contributed by atoms with E-state index in [-0.39, 0.29) is 5.41 Å². The second-order valence-electron chi connectivity index (χ2n) is 4.15. The van der Waals surface area contributed by atoms with Gasteiger partial charge in [-0.3, -0.25) is 0 Å². The maximum atomic E-state index is 4.10. The minimum Gasteiger partial charge on any atom is -0.0991 e. The Kier molecular flexibility index (Phi) is 4.76. The molecule has 1 atom stereocenters. The summed E-state index contributed by atoms with van der Waals surface area (Å²) < 4.78 is 0. The Bertz CT molecular complexity index is 206. The minimum absolute atomic E-state index is 0.189. The number of allylic oxidation sites excluding steroid dienone is 4. The lowest BCUT2D eigenvalue weighted by atomic mass is 9.73. The lowest BCUT2D eigenvalue weighted by Crippen LogP contribution is -2.22. The second kappa shape index (κ2) is 5.06. The molecule has 0 saturated heterocycles. The smallest absolute Gasteiger partial charge is 0.00839 e. The van der Waals surface area contributed by atoms with Gasteiger partial charge in [0.2, 0.25) is 0 Å². The monoisotopic (exact) mass is 178 g/mol. The fourth-order valence-electron chi connectivity index (χ4n) is 1.23. The number of rotatable bonds is 5. The summed E-state index contributed by atoms with van der Waals surface area (Å²) in [5.41, 5.74) is 1.37. The molecule has 0 amide bonds. The maximum absolute atomic E-state index is 4.10. The van der Waals surface area contributed by atoms with Crippen molar-refractivity contribution in [1.82, 2.24) is 0 Å². The summed E-state index contributed by atoms with van der Waals surface area (Å²) >= 11 is 0. The Balaban J connectivity index is 4.52. The molecule has 0 fully saturated rings. The van der Waals surface area contributed by atoms with Crippen LogP contribution in [0.1, 0.15) is 34.1 Å². The van der Waals surface area contributed by atoms with Gasteiger partial charge in [0.15, 0.2) is 0 Å². The Hall–Kier alpha value is -0.780. The number of hydrogen-bond donors (Lipinski definition) is 0. The lowest BCUT2D eigenvalue weighted by Gasteiger charge is -2.32. The Morgan fingerprint density at radius 2 is 2.00 bits per heavy atom. The van der Waals surface area contributed by atoms with Crippen LogP contribution in [0.4, 0.5) is 0 Å². The lowest BCUT2D eigenvalue weighted by molar-refractivity contribution is 0.286. The van der Waals surface area contributed by atoms with Crippen molar-refractivity contribution in [2.24, 2.45) is 11.3 Å². The van der Waals surface area contributed by atoms with Crippen LogP contribution in [0.3, 0.4) is 0 Å². The van der Waals surface area contributed by atoms with E-state index >= 15 is 0 Å². The van der Waals surface area contributed by atoms with Crippen LogP contribution >= 0.6 is 0 Å². The summed E-state index contributed by atoms with van der Waals surface area (Å²) in [4.78, 5) is 0. The topological polar surface area (TPSA) is 0 Å². The van der Waals surface area contributed by atoms with E-state index in [2.05, 4.69) is 46.9 Å². The average molecular weight is 178 g/mol. The van der Waals surface area contributed by atoms with E-state index in [9.17, 15) is 0 Å². The highest BCUT2D eigenvalue weighted by atomic mass is 14.3. The molecular formula is C13H22. The second-order valence-corrected chi connectivity index (χ2v) is 4.15. The van der Waals surface area contributed by atoms with Gasteiger partial charge in [0.25, 0.3) is 0 Å². The van der Waals surface area contributed by atoms with E-state index in [4.69, 9.17) is 0 Å². The quantitative estimate of drug-likeness (QED) is 0.549. The van der Waals surface area contributed by atoms with Crippen LogP contribution in [-0.4, -0.2) is 0 Å². The standard InChI is InChI=1S/C13H22/c1-7-9-10-12(4)13(5,6)11(3)8-2/h7,9-11H,1,4,8H2,2-3,5-6H3/b10-9-. The van der Waals surface area contributed by atoms with Crippen molar-refractivity contribution in [1.29, 1.82) is 0 Å². The molecular weight excluding hydrogens is 156 g/mol. The predicted octanol–water partition coefficient (Wildman–Crippen LogP) is 4.36. The zero-order valence-corrected chi connectivity index (χ0v) is 9.43. The van der Waals surface area contributed by atoms with E-state index < -0.39 is 0 Å². The molecule has 0 nitrogen and oxygen atoms in total. The summed E-state index contributed by atoms with van der Waals surface area (Å²) in [6, 6.07) is 0. The highest BCUT2D eigenvalue weighted by Gasteiger charge is 2.25. The normalized spacial score (nSPS) is 14.5. The first kappa shape index (κ1) is 12.2. The molecule has 0 aliphatic rings. The predicted molar refractivity (Wildman–Crippen MR) is 61.7 cm³/mol. The number of hydrogen-bond acceptors (Lipinski definition) is 0. The third-order valence-electron chi connectivity index (χ3n) is 3.11. The van der Waals surface area contributed by atoms with E-state index in [1.165, 1.54) is 12.0 Å². The van der Waals surface area contributed by atoms with Crippen molar-refractivity contribution in [3.05, 3.63) is 37.0 Å². The molecule has 0 heteroatoms. The van der Waals surface area contributed by atoms with Crippen molar-refractivity contribution in [2.75, 3.05) is 0 Å². The van der Waals surface area contributed by atoms with E-state index in [1.54, 1.807) is 6.08 Å². The van der Waals surface area contributed by atoms with Crippen molar-refractivity contribution < 1.29 is 0 Å². The first-order chi connectivity index (χ1) is 5.96.